The summed E-state index contributed by atoms with van der Waals surface area (Å²) in [4.78, 5) is 13.9. The average molecular weight is 344 g/mol. The Morgan fingerprint density at radius 2 is 1.78 bits per heavy atom. The molecule has 1 N–H and O–H groups in total. The number of ether oxygens (including phenoxy) is 1. The Labute approximate surface area is 134 Å². The molecule has 2 aliphatic heterocycles. The fourth-order valence-corrected chi connectivity index (χ4v) is 4.03. The van der Waals surface area contributed by atoms with Crippen LogP contribution in [0, 0.1) is 0 Å². The van der Waals surface area contributed by atoms with Crippen molar-refractivity contribution in [3.8, 4) is 0 Å². The summed E-state index contributed by atoms with van der Waals surface area (Å²) >= 11 is 0. The fourth-order valence-electron chi connectivity index (χ4n) is 2.71. The van der Waals surface area contributed by atoms with Gasteiger partial charge in [-0.2, -0.15) is 4.31 Å². The first kappa shape index (κ1) is 16.4. The number of nitrogens with zero attached hydrogens (tertiary/aromatic N) is 2. The molecule has 0 bridgehead atoms. The molecule has 0 aliphatic carbocycles. The molecule has 2 saturated heterocycles. The predicted molar refractivity (Wildman–Crippen MR) is 79.4 cm³/mol. The van der Waals surface area contributed by atoms with Crippen molar-refractivity contribution in [1.29, 1.82) is 0 Å². The third kappa shape index (κ3) is 3.42. The zero-order valence-electron chi connectivity index (χ0n) is 12.7. The summed E-state index contributed by atoms with van der Waals surface area (Å²) < 4.78 is 36.7. The minimum absolute atomic E-state index is 0.00762. The number of aliphatic hydroxyl groups is 1. The zero-order chi connectivity index (χ0) is 16.4. The number of carbonyl (C=O) groups excluding carboxylic acids is 1. The molecule has 8 nitrogen and oxygen atoms in total. The van der Waals surface area contributed by atoms with Gasteiger partial charge in [-0.25, -0.2) is 8.42 Å². The number of sulfonamides is 1. The number of amides is 1. The van der Waals surface area contributed by atoms with Gasteiger partial charge in [0.25, 0.3) is 15.9 Å². The van der Waals surface area contributed by atoms with Gasteiger partial charge in [-0.15, -0.1) is 0 Å². The standard InChI is InChI=1S/C14H20N2O6S/c17-11-3-5-15(6-4-11)14(18)12-1-2-13(22-12)23(19,20)16-7-9-21-10-8-16/h1-2,11,17H,3-10H2. The Morgan fingerprint density at radius 3 is 2.43 bits per heavy atom. The van der Waals surface area contributed by atoms with Crippen molar-refractivity contribution in [2.24, 2.45) is 0 Å². The molecule has 0 spiro atoms. The van der Waals surface area contributed by atoms with Crippen molar-refractivity contribution in [3.63, 3.8) is 0 Å². The van der Waals surface area contributed by atoms with Crippen LogP contribution in [0.2, 0.25) is 0 Å². The fraction of sp³-hybridized carbons (Fsp3) is 0.643. The van der Waals surface area contributed by atoms with Crippen molar-refractivity contribution in [3.05, 3.63) is 17.9 Å². The van der Waals surface area contributed by atoms with Gasteiger partial charge in [0.2, 0.25) is 5.09 Å². The number of hydrogen-bond acceptors (Lipinski definition) is 6. The summed E-state index contributed by atoms with van der Waals surface area (Å²) in [7, 11) is -3.74. The second-order valence-electron chi connectivity index (χ2n) is 5.66. The number of morpholine rings is 1. The lowest BCUT2D eigenvalue weighted by molar-refractivity contribution is 0.0514. The number of likely N-dealkylation sites (tertiary alicyclic amines) is 1. The minimum atomic E-state index is -3.74. The van der Waals surface area contributed by atoms with Crippen LogP contribution in [-0.2, 0) is 14.8 Å². The highest BCUT2D eigenvalue weighted by atomic mass is 32.2. The van der Waals surface area contributed by atoms with E-state index < -0.39 is 10.0 Å². The second-order valence-corrected chi connectivity index (χ2v) is 7.53. The molecule has 0 unspecified atom stereocenters. The Balaban J connectivity index is 1.73. The van der Waals surface area contributed by atoms with Gasteiger partial charge in [0.15, 0.2) is 5.76 Å². The van der Waals surface area contributed by atoms with Crippen molar-refractivity contribution in [1.82, 2.24) is 9.21 Å². The summed E-state index contributed by atoms with van der Waals surface area (Å²) in [6, 6.07) is 2.71. The van der Waals surface area contributed by atoms with Crippen molar-refractivity contribution >= 4 is 15.9 Å². The van der Waals surface area contributed by atoms with Crippen LogP contribution in [0.25, 0.3) is 0 Å². The Hall–Kier alpha value is -1.42. The molecule has 2 fully saturated rings. The molecule has 1 amide bonds. The quantitative estimate of drug-likeness (QED) is 0.822. The number of aliphatic hydroxyl groups excluding tert-OH is 1. The first-order chi connectivity index (χ1) is 11.0. The number of carbonyl (C=O) groups is 1. The molecule has 0 atom stereocenters. The largest absolute Gasteiger partial charge is 0.438 e. The molecule has 23 heavy (non-hydrogen) atoms. The highest BCUT2D eigenvalue weighted by Crippen LogP contribution is 2.22. The second kappa shape index (κ2) is 6.60. The van der Waals surface area contributed by atoms with Gasteiger partial charge < -0.3 is 19.2 Å². The first-order valence-corrected chi connectivity index (χ1v) is 9.07. The number of furan rings is 1. The van der Waals surface area contributed by atoms with Crippen LogP contribution in [-0.4, -0.2) is 74.1 Å². The van der Waals surface area contributed by atoms with E-state index in [-0.39, 0.29) is 36.0 Å². The molecular formula is C14H20N2O6S. The highest BCUT2D eigenvalue weighted by molar-refractivity contribution is 7.89. The normalized spacial score (nSPS) is 21.5. The SMILES string of the molecule is O=C(c1ccc(S(=O)(=O)N2CCOCC2)o1)N1CCC(O)CC1. The van der Waals surface area contributed by atoms with Gasteiger partial charge in [-0.3, -0.25) is 4.79 Å². The van der Waals surface area contributed by atoms with Crippen LogP contribution < -0.4 is 0 Å². The summed E-state index contributed by atoms with van der Waals surface area (Å²) in [6.07, 6.45) is 0.657. The third-order valence-electron chi connectivity index (χ3n) is 4.11. The van der Waals surface area contributed by atoms with Crippen molar-refractivity contribution in [2.45, 2.75) is 24.0 Å². The highest BCUT2D eigenvalue weighted by Gasteiger charge is 2.31. The lowest BCUT2D eigenvalue weighted by Crippen LogP contribution is -2.40. The van der Waals surface area contributed by atoms with Crippen LogP contribution in [0.5, 0.6) is 0 Å². The lowest BCUT2D eigenvalue weighted by atomic mass is 10.1. The molecule has 0 radical (unpaired) electrons. The van der Waals surface area contributed by atoms with Crippen LogP contribution in [0.15, 0.2) is 21.6 Å². The summed E-state index contributed by atoms with van der Waals surface area (Å²) in [6.45, 7) is 2.12. The van der Waals surface area contributed by atoms with Crippen LogP contribution in [0.3, 0.4) is 0 Å². The van der Waals surface area contributed by atoms with E-state index in [4.69, 9.17) is 9.15 Å². The van der Waals surface area contributed by atoms with E-state index in [0.29, 0.717) is 39.1 Å². The predicted octanol–water partition coefficient (Wildman–Crippen LogP) is -0.103. The summed E-state index contributed by atoms with van der Waals surface area (Å²) in [5, 5.41) is 9.26. The van der Waals surface area contributed by atoms with Crippen LogP contribution >= 0.6 is 0 Å². The molecule has 2 aliphatic rings. The van der Waals surface area contributed by atoms with Crippen molar-refractivity contribution < 1.29 is 27.5 Å². The summed E-state index contributed by atoms with van der Waals surface area (Å²) in [5.41, 5.74) is 0. The Morgan fingerprint density at radius 1 is 1.13 bits per heavy atom. The molecule has 0 saturated carbocycles. The number of rotatable bonds is 3. The van der Waals surface area contributed by atoms with E-state index in [0.717, 1.165) is 0 Å². The van der Waals surface area contributed by atoms with E-state index in [1.807, 2.05) is 0 Å². The van der Waals surface area contributed by atoms with Crippen LogP contribution in [0.4, 0.5) is 0 Å². The van der Waals surface area contributed by atoms with Crippen LogP contribution in [0.1, 0.15) is 23.4 Å². The molecule has 9 heteroatoms. The topological polar surface area (TPSA) is 100 Å². The van der Waals surface area contributed by atoms with E-state index in [1.165, 1.54) is 16.4 Å². The van der Waals surface area contributed by atoms with E-state index >= 15 is 0 Å². The maximum absolute atomic E-state index is 12.5. The summed E-state index contributed by atoms with van der Waals surface area (Å²) in [5.74, 6) is -0.339. The van der Waals surface area contributed by atoms with E-state index in [1.54, 1.807) is 4.90 Å². The molecule has 3 rings (SSSR count). The van der Waals surface area contributed by atoms with Gasteiger partial charge in [0.1, 0.15) is 0 Å². The number of hydrogen-bond donors (Lipinski definition) is 1. The minimum Gasteiger partial charge on any atom is -0.438 e. The number of piperidine rings is 1. The van der Waals surface area contributed by atoms with Gasteiger partial charge in [-0.05, 0) is 25.0 Å². The van der Waals surface area contributed by atoms with Crippen molar-refractivity contribution in [2.75, 3.05) is 39.4 Å². The maximum Gasteiger partial charge on any atom is 0.289 e. The van der Waals surface area contributed by atoms with Gasteiger partial charge in [0.05, 0.1) is 19.3 Å². The molecule has 128 valence electrons. The Kier molecular flexibility index (Phi) is 4.72. The third-order valence-corrected chi connectivity index (χ3v) is 5.88. The molecular weight excluding hydrogens is 324 g/mol. The smallest absolute Gasteiger partial charge is 0.289 e. The molecule has 0 aromatic carbocycles. The van der Waals surface area contributed by atoms with Gasteiger partial charge in [0, 0.05) is 26.2 Å². The lowest BCUT2D eigenvalue weighted by Gasteiger charge is -2.28. The zero-order valence-corrected chi connectivity index (χ0v) is 13.5. The maximum atomic E-state index is 12.5. The van der Waals surface area contributed by atoms with E-state index in [2.05, 4.69) is 0 Å². The Bertz CT molecular complexity index is 657. The first-order valence-electron chi connectivity index (χ1n) is 7.63. The molecule has 1 aromatic rings. The average Bonchev–Trinajstić information content (AvgIpc) is 3.06. The monoisotopic (exact) mass is 344 g/mol. The van der Waals surface area contributed by atoms with Gasteiger partial charge >= 0.3 is 0 Å². The molecule has 3 heterocycles. The van der Waals surface area contributed by atoms with Gasteiger partial charge in [-0.1, -0.05) is 0 Å². The van der Waals surface area contributed by atoms with E-state index in [9.17, 15) is 18.3 Å². The molecule has 1 aromatic heterocycles.